The molecule has 1 heterocycles. The first-order chi connectivity index (χ1) is 32.1. The van der Waals surface area contributed by atoms with Crippen molar-refractivity contribution in [3.8, 4) is 23.0 Å². The second kappa shape index (κ2) is 21.3. The van der Waals surface area contributed by atoms with E-state index in [0.29, 0.717) is 41.4 Å². The first-order valence-corrected chi connectivity index (χ1v) is 23.1. The average Bonchev–Trinajstić information content (AvgIpc) is 3.30. The van der Waals surface area contributed by atoms with Gasteiger partial charge in [-0.15, -0.1) is 6.58 Å². The summed E-state index contributed by atoms with van der Waals surface area (Å²) in [5.74, 6) is -1.22. The highest BCUT2D eigenvalue weighted by atomic mass is 19.1. The molecule has 6 unspecified atom stereocenters. The zero-order chi connectivity index (χ0) is 47.9. The number of halogens is 1. The normalized spacial score (nSPS) is 22.4. The van der Waals surface area contributed by atoms with Crippen LogP contribution in [0.4, 0.5) is 14.9 Å². The third-order valence-corrected chi connectivity index (χ3v) is 12.9. The van der Waals surface area contributed by atoms with Crippen molar-refractivity contribution in [2.24, 2.45) is 22.9 Å². The van der Waals surface area contributed by atoms with Crippen molar-refractivity contribution in [3.63, 3.8) is 0 Å². The number of rotatable bonds is 19. The molecule has 2 N–H and O–H groups in total. The number of nitro benzene ring substituents is 1. The molecule has 356 valence electrons. The van der Waals surface area contributed by atoms with Gasteiger partial charge in [0.25, 0.3) is 5.69 Å². The highest BCUT2D eigenvalue weighted by Crippen LogP contribution is 2.62. The minimum Gasteiger partial charge on any atom is -0.459 e. The van der Waals surface area contributed by atoms with Crippen molar-refractivity contribution in [2.75, 3.05) is 19.8 Å². The number of aliphatic hydroxyl groups excluding tert-OH is 2. The van der Waals surface area contributed by atoms with Crippen LogP contribution in [0.2, 0.25) is 0 Å². The molecule has 0 radical (unpaired) electrons. The van der Waals surface area contributed by atoms with E-state index in [9.17, 15) is 24.7 Å². The molecule has 1 saturated carbocycles. The number of non-ortho nitro benzene ring substituents is 1. The number of benzene rings is 4. The molecule has 0 bridgehead atoms. The van der Waals surface area contributed by atoms with Gasteiger partial charge in [0.1, 0.15) is 40.5 Å². The van der Waals surface area contributed by atoms with E-state index in [1.165, 1.54) is 41.3 Å². The maximum absolute atomic E-state index is 15.0. The smallest absolute Gasteiger partial charge is 0.416 e. The van der Waals surface area contributed by atoms with E-state index in [1.54, 1.807) is 18.2 Å². The predicted octanol–water partition coefficient (Wildman–Crippen LogP) is 11.3. The number of oxime groups is 1. The summed E-state index contributed by atoms with van der Waals surface area (Å²) < 4.78 is 41.5. The molecule has 4 aromatic rings. The zero-order valence-electron chi connectivity index (χ0n) is 39.0. The Morgan fingerprint density at radius 3 is 2.27 bits per heavy atom. The van der Waals surface area contributed by atoms with Crippen LogP contribution < -0.4 is 14.2 Å². The minimum absolute atomic E-state index is 0.00678. The summed E-state index contributed by atoms with van der Waals surface area (Å²) in [6, 6.07) is 21.8. The van der Waals surface area contributed by atoms with Gasteiger partial charge in [0, 0.05) is 49.8 Å². The number of unbranched alkanes of at least 4 members (excludes halogenated alkanes) is 2. The Hall–Kier alpha value is -6.09. The lowest BCUT2D eigenvalue weighted by atomic mass is 9.55. The van der Waals surface area contributed by atoms with Gasteiger partial charge in [-0.2, -0.15) is 0 Å². The summed E-state index contributed by atoms with van der Waals surface area (Å²) in [7, 11) is 0. The lowest BCUT2D eigenvalue weighted by Crippen LogP contribution is -2.70. The number of nitrogens with zero attached hydrogens (tertiary/aromatic N) is 3. The van der Waals surface area contributed by atoms with Gasteiger partial charge < -0.3 is 34.0 Å². The molecule has 4 aromatic carbocycles. The molecule has 0 aromatic heterocycles. The van der Waals surface area contributed by atoms with Crippen molar-refractivity contribution < 1.29 is 48.1 Å². The van der Waals surface area contributed by atoms with E-state index >= 15 is 4.79 Å². The number of hydrogen-bond donors (Lipinski definition) is 2. The molecule has 67 heavy (non-hydrogen) atoms. The lowest BCUT2D eigenvalue weighted by molar-refractivity contribution is -0.384. The standard InChI is InChI=1S/C53H62FN3O10/c1-7-28-63-53-48(56(33-36-15-17-38(54)18-16-36)51(60)65-40-22-19-39(20-23-40)57(61)62)32-46(55-67-52(4,5)6)44-30-37(12-8-10-26-58)43(13-9-11-27-59)49(50(44)53)45-31-42(24-25-47(45)66-53)64-41-21-14-34(2)35(3)29-41/h7,14-25,29-31,37,43,48-50,58-59H,1,8-13,26-28,32-33H2,2-6H3. The second-order valence-electron chi connectivity index (χ2n) is 18.7. The molecule has 7 rings (SSSR count). The van der Waals surface area contributed by atoms with Crippen molar-refractivity contribution in [1.29, 1.82) is 0 Å². The van der Waals surface area contributed by atoms with E-state index in [2.05, 4.69) is 19.6 Å². The van der Waals surface area contributed by atoms with Crippen LogP contribution in [-0.4, -0.2) is 69.1 Å². The van der Waals surface area contributed by atoms with Crippen LogP contribution in [0.3, 0.4) is 0 Å². The van der Waals surface area contributed by atoms with Crippen LogP contribution in [0.15, 0.2) is 114 Å². The van der Waals surface area contributed by atoms with E-state index in [1.807, 2.05) is 64.1 Å². The number of aliphatic hydroxyl groups is 2. The highest BCUT2D eigenvalue weighted by Gasteiger charge is 2.66. The zero-order valence-corrected chi connectivity index (χ0v) is 39.0. The van der Waals surface area contributed by atoms with E-state index in [-0.39, 0.29) is 62.0 Å². The number of nitro groups is 1. The largest absolute Gasteiger partial charge is 0.459 e. The fourth-order valence-electron chi connectivity index (χ4n) is 9.70. The number of ether oxygens (including phenoxy) is 4. The first-order valence-electron chi connectivity index (χ1n) is 23.1. The van der Waals surface area contributed by atoms with Gasteiger partial charge in [0.15, 0.2) is 0 Å². The quantitative estimate of drug-likeness (QED) is 0.0401. The van der Waals surface area contributed by atoms with Crippen LogP contribution >= 0.6 is 0 Å². The Labute approximate surface area is 392 Å². The van der Waals surface area contributed by atoms with E-state index in [4.69, 9.17) is 28.9 Å². The maximum Gasteiger partial charge on any atom is 0.416 e. The lowest BCUT2D eigenvalue weighted by Gasteiger charge is -2.60. The number of carbonyl (C=O) groups is 1. The Morgan fingerprint density at radius 2 is 1.61 bits per heavy atom. The van der Waals surface area contributed by atoms with Gasteiger partial charge in [-0.1, -0.05) is 48.3 Å². The Kier molecular flexibility index (Phi) is 15.5. The fraction of sp³-hybridized carbons (Fsp3) is 0.434. The summed E-state index contributed by atoms with van der Waals surface area (Å²) in [6.07, 6.45) is 7.37. The van der Waals surface area contributed by atoms with Gasteiger partial charge in [0.05, 0.1) is 23.2 Å². The van der Waals surface area contributed by atoms with Crippen LogP contribution in [0.1, 0.15) is 93.9 Å². The summed E-state index contributed by atoms with van der Waals surface area (Å²) in [4.78, 5) is 33.8. The molecule has 3 aliphatic rings. The number of carbonyl (C=O) groups excluding carboxylic acids is 1. The fourth-order valence-corrected chi connectivity index (χ4v) is 9.70. The van der Waals surface area contributed by atoms with Gasteiger partial charge in [-0.3, -0.25) is 15.0 Å². The monoisotopic (exact) mass is 919 g/mol. The van der Waals surface area contributed by atoms with Crippen LogP contribution in [0, 0.1) is 47.5 Å². The average molecular weight is 920 g/mol. The maximum atomic E-state index is 15.0. The molecule has 2 aliphatic carbocycles. The summed E-state index contributed by atoms with van der Waals surface area (Å²) >= 11 is 0. The summed E-state index contributed by atoms with van der Waals surface area (Å²) in [5, 5.41) is 36.4. The Balaban J connectivity index is 1.47. The van der Waals surface area contributed by atoms with Crippen molar-refractivity contribution >= 4 is 17.5 Å². The Bertz CT molecular complexity index is 2450. The van der Waals surface area contributed by atoms with E-state index in [0.717, 1.165) is 47.9 Å². The van der Waals surface area contributed by atoms with Crippen LogP contribution in [-0.2, 0) is 16.1 Å². The minimum atomic E-state index is -1.63. The van der Waals surface area contributed by atoms with Gasteiger partial charge >= 0.3 is 6.09 Å². The number of amides is 1. The van der Waals surface area contributed by atoms with Gasteiger partial charge in [-0.25, -0.2) is 9.18 Å². The van der Waals surface area contributed by atoms with E-state index < -0.39 is 40.2 Å². The summed E-state index contributed by atoms with van der Waals surface area (Å²) in [6.45, 7) is 13.9. The van der Waals surface area contributed by atoms with Crippen molar-refractivity contribution in [2.45, 2.75) is 109 Å². The number of hydrogen-bond acceptors (Lipinski definition) is 11. The van der Waals surface area contributed by atoms with Crippen molar-refractivity contribution in [3.05, 3.63) is 147 Å². The van der Waals surface area contributed by atoms with Crippen LogP contribution in [0.5, 0.6) is 23.0 Å². The molecule has 0 saturated heterocycles. The number of aryl methyl sites for hydroxylation is 2. The number of fused-ring (bicyclic) bond motifs is 2. The topological polar surface area (TPSA) is 162 Å². The molecule has 1 fully saturated rings. The van der Waals surface area contributed by atoms with Crippen LogP contribution in [0.25, 0.3) is 0 Å². The molecule has 1 amide bonds. The molecule has 0 spiro atoms. The predicted molar refractivity (Wildman–Crippen MR) is 253 cm³/mol. The SMILES string of the molecule is C=CCOC12Oc3ccc(Oc4ccc(C)c(C)c4)cc3C3C(CCCCO)C(CCCCO)C=C(C(=NOC(C)(C)C)CC1N(Cc1ccc(F)cc1)C(=O)Oc1ccc([N+](=O)[O-])cc1)C32. The molecule has 1 aliphatic heterocycles. The molecule has 14 heteroatoms. The number of allylic oxidation sites excluding steroid dienone is 1. The van der Waals surface area contributed by atoms with Gasteiger partial charge in [-0.05, 0) is 149 Å². The first kappa shape index (κ1) is 48.8. The summed E-state index contributed by atoms with van der Waals surface area (Å²) in [5.41, 5.74) is 4.26. The highest BCUT2D eigenvalue weighted by molar-refractivity contribution is 6.03. The van der Waals surface area contributed by atoms with Crippen molar-refractivity contribution in [1.82, 2.24) is 4.90 Å². The third-order valence-electron chi connectivity index (χ3n) is 12.9. The molecular formula is C53H62FN3O10. The second-order valence-corrected chi connectivity index (χ2v) is 18.7. The molecule has 13 nitrogen and oxygen atoms in total. The molecular weight excluding hydrogens is 858 g/mol. The Morgan fingerprint density at radius 1 is 0.940 bits per heavy atom. The van der Waals surface area contributed by atoms with Gasteiger partial charge in [0.2, 0.25) is 5.79 Å². The third kappa shape index (κ3) is 11.2. The molecule has 6 atom stereocenters.